The molecule has 0 spiro atoms. The lowest BCUT2D eigenvalue weighted by Crippen LogP contribution is -2.59. The van der Waals surface area contributed by atoms with Crippen LogP contribution < -0.4 is 0 Å². The van der Waals surface area contributed by atoms with Gasteiger partial charge in [0.15, 0.2) is 0 Å². The van der Waals surface area contributed by atoms with E-state index in [0.717, 1.165) is 25.7 Å². The molecule has 2 fully saturated rings. The predicted octanol–water partition coefficient (Wildman–Crippen LogP) is 0.577. The first-order chi connectivity index (χ1) is 31.7. The van der Waals surface area contributed by atoms with E-state index in [0.29, 0.717) is 18.4 Å². The molecule has 2 aliphatic heterocycles. The van der Waals surface area contributed by atoms with Crippen molar-refractivity contribution in [2.75, 3.05) is 6.61 Å². The summed E-state index contributed by atoms with van der Waals surface area (Å²) in [6.45, 7) is 10.7. The fraction of sp³-hybridized carbons (Fsp3) is 0.720. The lowest BCUT2D eigenvalue weighted by molar-refractivity contribution is -0.234. The molecule has 67 heavy (non-hydrogen) atoms. The Labute approximate surface area is 396 Å². The molecule has 386 valence electrons. The van der Waals surface area contributed by atoms with Crippen LogP contribution in [0.4, 0.5) is 0 Å². The van der Waals surface area contributed by atoms with Crippen LogP contribution in [0.15, 0.2) is 85.1 Å². The molecule has 19 atom stereocenters. The zero-order chi connectivity index (χ0) is 50.2. The van der Waals surface area contributed by atoms with Crippen LogP contribution in [0, 0.1) is 5.92 Å². The van der Waals surface area contributed by atoms with Gasteiger partial charge in [0.1, 0.15) is 61.0 Å². The van der Waals surface area contributed by atoms with Gasteiger partial charge < -0.3 is 86.1 Å². The fourth-order valence-corrected chi connectivity index (χ4v) is 8.13. The van der Waals surface area contributed by atoms with Gasteiger partial charge in [-0.15, -0.1) is 6.58 Å². The standard InChI is InChI=1S/C50H84O17/c1-5-6-7-8-9-10-11-12-13-14-15-16-17-18-19-35(54)44(61)49-47(64)39(58)29-41(67-49)48(65)43(60)31(3)21-23-34(53)40-28-38(57)46(63)50(66-40)45(62)36(55)26-30(2)20-22-33(52)27-37(56)42(59)32(4)24-25-51/h5,10-15,18-19,26,32-65H,1,3,6-9,16-17,20-25,27-29H2,2,4H3/b11-10+,13-12+,15-14+,19-18+,30-26+/t32-,33-,34+,35-,36+,37-,38-,39+,40-,41+,42+,43+,44-,45+,46-,47+,48-,49-,50+/m0/s1. The summed E-state index contributed by atoms with van der Waals surface area (Å²) in [5.74, 6) is -0.384. The van der Waals surface area contributed by atoms with Crippen LogP contribution in [0.3, 0.4) is 0 Å². The molecule has 0 bridgehead atoms. The summed E-state index contributed by atoms with van der Waals surface area (Å²) in [6, 6.07) is 0. The molecule has 0 amide bonds. The van der Waals surface area contributed by atoms with Crippen molar-refractivity contribution in [3.05, 3.63) is 85.1 Å². The van der Waals surface area contributed by atoms with Crippen LogP contribution in [-0.4, -0.2) is 193 Å². The number of hydrogen-bond acceptors (Lipinski definition) is 17. The van der Waals surface area contributed by atoms with E-state index in [2.05, 4.69) is 19.2 Å². The summed E-state index contributed by atoms with van der Waals surface area (Å²) in [4.78, 5) is 0. The average Bonchev–Trinajstić information content (AvgIpc) is 3.30. The van der Waals surface area contributed by atoms with E-state index in [4.69, 9.17) is 14.6 Å². The van der Waals surface area contributed by atoms with E-state index in [1.54, 1.807) is 19.9 Å². The summed E-state index contributed by atoms with van der Waals surface area (Å²) >= 11 is 0. The van der Waals surface area contributed by atoms with Gasteiger partial charge in [0.25, 0.3) is 0 Å². The minimum atomic E-state index is -1.77. The maximum atomic E-state index is 11.1. The van der Waals surface area contributed by atoms with E-state index >= 15 is 0 Å². The van der Waals surface area contributed by atoms with Crippen molar-refractivity contribution in [3.63, 3.8) is 0 Å². The third kappa shape index (κ3) is 21.2. The molecule has 17 nitrogen and oxygen atoms in total. The van der Waals surface area contributed by atoms with Crippen LogP contribution >= 0.6 is 0 Å². The number of hydrogen-bond donors (Lipinski definition) is 15. The van der Waals surface area contributed by atoms with Crippen molar-refractivity contribution >= 4 is 0 Å². The third-order valence-corrected chi connectivity index (χ3v) is 12.6. The lowest BCUT2D eigenvalue weighted by atomic mass is 9.87. The Morgan fingerprint density at radius 1 is 0.657 bits per heavy atom. The average molecular weight is 957 g/mol. The summed E-state index contributed by atoms with van der Waals surface area (Å²) in [6.07, 6.45) is -3.31. The quantitative estimate of drug-likeness (QED) is 0.0249. The second kappa shape index (κ2) is 32.4. The van der Waals surface area contributed by atoms with Gasteiger partial charge in [0, 0.05) is 25.9 Å². The van der Waals surface area contributed by atoms with Gasteiger partial charge in [0.2, 0.25) is 0 Å². The Hall–Kier alpha value is -2.50. The molecule has 2 aliphatic rings. The number of unbranched alkanes of at least 4 members (excludes halogenated alkanes) is 4. The van der Waals surface area contributed by atoms with Crippen LogP contribution in [0.1, 0.15) is 104 Å². The number of aliphatic hydroxyl groups excluding tert-OH is 15. The largest absolute Gasteiger partial charge is 0.396 e. The summed E-state index contributed by atoms with van der Waals surface area (Å²) in [5, 5.41) is 159. The highest BCUT2D eigenvalue weighted by Gasteiger charge is 2.47. The van der Waals surface area contributed by atoms with Crippen molar-refractivity contribution < 1.29 is 86.1 Å². The lowest BCUT2D eigenvalue weighted by Gasteiger charge is -2.42. The normalized spacial score (nSPS) is 29.4. The molecule has 17 heteroatoms. The topological polar surface area (TPSA) is 322 Å². The number of ether oxygens (including phenoxy) is 2. The first-order valence-electron chi connectivity index (χ1n) is 23.8. The monoisotopic (exact) mass is 957 g/mol. The van der Waals surface area contributed by atoms with E-state index in [1.165, 1.54) is 12.2 Å². The summed E-state index contributed by atoms with van der Waals surface area (Å²) in [7, 11) is 0. The van der Waals surface area contributed by atoms with Crippen LogP contribution in [-0.2, 0) is 9.47 Å². The zero-order valence-electron chi connectivity index (χ0n) is 39.3. The van der Waals surface area contributed by atoms with Gasteiger partial charge in [-0.25, -0.2) is 0 Å². The van der Waals surface area contributed by atoms with Gasteiger partial charge in [0.05, 0.1) is 48.8 Å². The number of rotatable bonds is 32. The van der Waals surface area contributed by atoms with Crippen molar-refractivity contribution in [3.8, 4) is 0 Å². The Bertz CT molecular complexity index is 1540. The molecule has 0 saturated carbocycles. The van der Waals surface area contributed by atoms with Crippen molar-refractivity contribution in [2.45, 2.75) is 214 Å². The Morgan fingerprint density at radius 3 is 1.82 bits per heavy atom. The van der Waals surface area contributed by atoms with Gasteiger partial charge in [-0.1, -0.05) is 79.8 Å². The van der Waals surface area contributed by atoms with E-state index in [1.807, 2.05) is 36.5 Å². The molecule has 2 rings (SSSR count). The molecule has 0 aromatic carbocycles. The van der Waals surface area contributed by atoms with Crippen molar-refractivity contribution in [2.24, 2.45) is 5.92 Å². The molecule has 0 aromatic heterocycles. The summed E-state index contributed by atoms with van der Waals surface area (Å²) in [5.41, 5.74) is 0.563. The maximum absolute atomic E-state index is 11.1. The van der Waals surface area contributed by atoms with Gasteiger partial charge in [-0.3, -0.25) is 0 Å². The molecule has 2 saturated heterocycles. The maximum Gasteiger partial charge on any atom is 0.115 e. The predicted molar refractivity (Wildman–Crippen MR) is 252 cm³/mol. The molecule has 15 N–H and O–H groups in total. The molecule has 0 aliphatic carbocycles. The first-order valence-corrected chi connectivity index (χ1v) is 23.8. The first kappa shape index (κ1) is 60.6. The molecular weight excluding hydrogens is 873 g/mol. The smallest absolute Gasteiger partial charge is 0.115 e. The van der Waals surface area contributed by atoms with Gasteiger partial charge in [-0.2, -0.15) is 0 Å². The minimum Gasteiger partial charge on any atom is -0.396 e. The zero-order valence-corrected chi connectivity index (χ0v) is 39.3. The highest BCUT2D eigenvalue weighted by Crippen LogP contribution is 2.31. The summed E-state index contributed by atoms with van der Waals surface area (Å²) < 4.78 is 11.6. The molecular formula is C50H84O17. The third-order valence-electron chi connectivity index (χ3n) is 12.6. The molecule has 0 unspecified atom stereocenters. The highest BCUT2D eigenvalue weighted by atomic mass is 16.6. The van der Waals surface area contributed by atoms with E-state index in [-0.39, 0.29) is 69.5 Å². The number of aliphatic hydroxyl groups is 15. The molecule has 0 aromatic rings. The van der Waals surface area contributed by atoms with Gasteiger partial charge >= 0.3 is 0 Å². The second-order valence-electron chi connectivity index (χ2n) is 18.3. The SMILES string of the molecule is C=CCCCC/C=C/C=C/C=C/CC/C=C/[C@H](O)[C@H](O)[C@@H]1O[C@@H]([C@H](O)[C@H](O)C(=C)CC[C@@H](O)[C@@H]2C[C@H](O)[C@H](O)[C@@H]([C@H](O)[C@H](O)/C=C(\C)CC[C@H](O)C[C@H](O)[C@H](O)[C@@H](C)CCO)O2)C[C@@H](O)[C@H]1O. The Morgan fingerprint density at radius 2 is 1.21 bits per heavy atom. The Balaban J connectivity index is 1.89. The highest BCUT2D eigenvalue weighted by molar-refractivity contribution is 5.12. The Kier molecular flexibility index (Phi) is 29.3. The molecule has 2 heterocycles. The number of allylic oxidation sites excluding steroid dienone is 9. The van der Waals surface area contributed by atoms with Crippen LogP contribution in [0.25, 0.3) is 0 Å². The van der Waals surface area contributed by atoms with Crippen molar-refractivity contribution in [1.29, 1.82) is 0 Å². The molecule has 0 radical (unpaired) electrons. The van der Waals surface area contributed by atoms with Crippen LogP contribution in [0.2, 0.25) is 0 Å². The van der Waals surface area contributed by atoms with E-state index < -0.39 is 110 Å². The minimum absolute atomic E-state index is 0.0304. The van der Waals surface area contributed by atoms with E-state index in [9.17, 15) is 71.5 Å². The van der Waals surface area contributed by atoms with Crippen LogP contribution in [0.5, 0.6) is 0 Å². The van der Waals surface area contributed by atoms with Crippen molar-refractivity contribution in [1.82, 2.24) is 0 Å². The second-order valence-corrected chi connectivity index (χ2v) is 18.3. The van der Waals surface area contributed by atoms with Gasteiger partial charge in [-0.05, 0) is 89.0 Å². The fourth-order valence-electron chi connectivity index (χ4n) is 8.13.